The molecule has 1 aromatic carbocycles. The summed E-state index contributed by atoms with van der Waals surface area (Å²) in [6.45, 7) is 11.8. The van der Waals surface area contributed by atoms with Gasteiger partial charge in [0.1, 0.15) is 23.1 Å². The van der Waals surface area contributed by atoms with Crippen LogP contribution >= 0.6 is 0 Å². The van der Waals surface area contributed by atoms with Crippen LogP contribution in [0.3, 0.4) is 0 Å². The first kappa shape index (κ1) is 19.6. The molecule has 0 unspecified atom stereocenters. The molecule has 138 valence electrons. The van der Waals surface area contributed by atoms with Crippen molar-refractivity contribution in [1.29, 1.82) is 5.26 Å². The number of benzene rings is 1. The van der Waals surface area contributed by atoms with Crippen molar-refractivity contribution in [3.05, 3.63) is 40.6 Å². The zero-order chi connectivity index (χ0) is 19.3. The Hall–Kier alpha value is -2.74. The molecule has 0 atom stereocenters. The molecule has 0 saturated carbocycles. The maximum atomic E-state index is 9.78. The summed E-state index contributed by atoms with van der Waals surface area (Å²) in [6.07, 6.45) is 1.01. The van der Waals surface area contributed by atoms with E-state index < -0.39 is 0 Å². The largest absolute Gasteiger partial charge is 0.497 e. The van der Waals surface area contributed by atoms with Gasteiger partial charge in [-0.2, -0.15) is 5.26 Å². The summed E-state index contributed by atoms with van der Waals surface area (Å²) < 4.78 is 11.4. The number of hydrogen-bond donors (Lipinski definition) is 0. The van der Waals surface area contributed by atoms with Crippen molar-refractivity contribution in [3.63, 3.8) is 0 Å². The van der Waals surface area contributed by atoms with Gasteiger partial charge in [0.2, 0.25) is 5.88 Å². The minimum atomic E-state index is 0.355. The van der Waals surface area contributed by atoms with E-state index in [1.807, 2.05) is 39.0 Å². The van der Waals surface area contributed by atoms with E-state index in [9.17, 15) is 5.26 Å². The number of hydrogen-bond acceptors (Lipinski definition) is 5. The minimum Gasteiger partial charge on any atom is -0.497 e. The van der Waals surface area contributed by atoms with Crippen molar-refractivity contribution in [3.8, 4) is 23.4 Å². The standard InChI is InChI=1S/C21H27N3O2/c1-7-9-24(8-2)19-12-16(5)23-21(18(19)13-22)26-20-14(3)10-17(25-6)11-15(20)4/h10-12H,7-9H2,1-6H3. The first-order chi connectivity index (χ1) is 12.4. The third-order valence-electron chi connectivity index (χ3n) is 4.29. The lowest BCUT2D eigenvalue weighted by Gasteiger charge is -2.25. The molecule has 0 aliphatic carbocycles. The Morgan fingerprint density at radius 3 is 2.27 bits per heavy atom. The van der Waals surface area contributed by atoms with Crippen LogP contribution in [0.25, 0.3) is 0 Å². The van der Waals surface area contributed by atoms with Crippen molar-refractivity contribution in [2.24, 2.45) is 0 Å². The summed E-state index contributed by atoms with van der Waals surface area (Å²) in [7, 11) is 1.64. The van der Waals surface area contributed by atoms with Gasteiger partial charge in [-0.1, -0.05) is 6.92 Å². The van der Waals surface area contributed by atoms with Gasteiger partial charge in [0, 0.05) is 18.8 Å². The fourth-order valence-corrected chi connectivity index (χ4v) is 3.06. The van der Waals surface area contributed by atoms with Crippen LogP contribution in [0.4, 0.5) is 5.69 Å². The van der Waals surface area contributed by atoms with Gasteiger partial charge in [0.15, 0.2) is 0 Å². The van der Waals surface area contributed by atoms with Crippen molar-refractivity contribution < 1.29 is 9.47 Å². The van der Waals surface area contributed by atoms with E-state index in [2.05, 4.69) is 29.8 Å². The molecule has 0 aliphatic rings. The highest BCUT2D eigenvalue weighted by molar-refractivity contribution is 5.65. The van der Waals surface area contributed by atoms with Crippen molar-refractivity contribution >= 4 is 5.69 Å². The van der Waals surface area contributed by atoms with E-state index in [1.165, 1.54) is 0 Å². The molecule has 0 saturated heterocycles. The van der Waals surface area contributed by atoms with Crippen molar-refractivity contribution in [2.75, 3.05) is 25.1 Å². The molecule has 0 bridgehead atoms. The van der Waals surface area contributed by atoms with Gasteiger partial charge < -0.3 is 14.4 Å². The van der Waals surface area contributed by atoms with E-state index in [4.69, 9.17) is 9.47 Å². The number of anilines is 1. The third-order valence-corrected chi connectivity index (χ3v) is 4.29. The Balaban J connectivity index is 2.54. The van der Waals surface area contributed by atoms with Gasteiger partial charge >= 0.3 is 0 Å². The summed E-state index contributed by atoms with van der Waals surface area (Å²) in [5.41, 5.74) is 4.06. The van der Waals surface area contributed by atoms with Gasteiger partial charge in [-0.3, -0.25) is 0 Å². The maximum absolute atomic E-state index is 9.78. The van der Waals surface area contributed by atoms with Crippen LogP contribution in [0, 0.1) is 32.1 Å². The van der Waals surface area contributed by atoms with Crippen LogP contribution in [0.5, 0.6) is 17.4 Å². The number of rotatable bonds is 7. The first-order valence-electron chi connectivity index (χ1n) is 8.94. The quantitative estimate of drug-likeness (QED) is 0.707. The number of ether oxygens (including phenoxy) is 2. The van der Waals surface area contributed by atoms with Gasteiger partial charge in [0.05, 0.1) is 12.8 Å². The predicted octanol–water partition coefficient (Wildman–Crippen LogP) is 4.92. The molecule has 0 fully saturated rings. The van der Waals surface area contributed by atoms with Gasteiger partial charge in [-0.25, -0.2) is 4.98 Å². The summed E-state index contributed by atoms with van der Waals surface area (Å²) in [6, 6.07) is 8.08. The number of nitriles is 1. The molecular weight excluding hydrogens is 326 g/mol. The molecule has 2 rings (SSSR count). The van der Waals surface area contributed by atoms with E-state index in [-0.39, 0.29) is 0 Å². The molecule has 26 heavy (non-hydrogen) atoms. The fourth-order valence-electron chi connectivity index (χ4n) is 3.06. The molecule has 5 heteroatoms. The van der Waals surface area contributed by atoms with Gasteiger partial charge in [-0.15, -0.1) is 0 Å². The van der Waals surface area contributed by atoms with Crippen LogP contribution in [0.1, 0.15) is 42.7 Å². The molecule has 5 nitrogen and oxygen atoms in total. The summed E-state index contributed by atoms with van der Waals surface area (Å²) >= 11 is 0. The van der Waals surface area contributed by atoms with E-state index in [1.54, 1.807) is 7.11 Å². The Bertz CT molecular complexity index is 802. The molecule has 1 heterocycles. The van der Waals surface area contributed by atoms with Gasteiger partial charge in [-0.05, 0) is 63.4 Å². The average Bonchev–Trinajstić information content (AvgIpc) is 2.61. The molecule has 0 N–H and O–H groups in total. The fraction of sp³-hybridized carbons (Fsp3) is 0.429. The number of nitrogens with zero attached hydrogens (tertiary/aromatic N) is 3. The summed E-state index contributed by atoms with van der Waals surface area (Å²) in [4.78, 5) is 6.69. The van der Waals surface area contributed by atoms with Crippen molar-refractivity contribution in [2.45, 2.75) is 41.0 Å². The highest BCUT2D eigenvalue weighted by Gasteiger charge is 2.19. The number of pyridine rings is 1. The molecule has 0 aliphatic heterocycles. The van der Waals surface area contributed by atoms with Crippen molar-refractivity contribution in [1.82, 2.24) is 4.98 Å². The number of aryl methyl sites for hydroxylation is 3. The SMILES string of the molecule is CCCN(CC)c1cc(C)nc(Oc2c(C)cc(OC)cc2C)c1C#N. The van der Waals surface area contributed by atoms with Crippen LogP contribution in [-0.4, -0.2) is 25.2 Å². The van der Waals surface area contributed by atoms with E-state index in [0.717, 1.165) is 47.8 Å². The monoisotopic (exact) mass is 353 g/mol. The lowest BCUT2D eigenvalue weighted by atomic mass is 10.1. The highest BCUT2D eigenvalue weighted by Crippen LogP contribution is 2.36. The second-order valence-electron chi connectivity index (χ2n) is 6.35. The molecular formula is C21H27N3O2. The van der Waals surface area contributed by atoms with E-state index >= 15 is 0 Å². The zero-order valence-corrected chi connectivity index (χ0v) is 16.5. The first-order valence-corrected chi connectivity index (χ1v) is 8.94. The van der Waals surface area contributed by atoms with Crippen LogP contribution in [0.2, 0.25) is 0 Å². The Morgan fingerprint density at radius 1 is 1.12 bits per heavy atom. The zero-order valence-electron chi connectivity index (χ0n) is 16.5. The number of methoxy groups -OCH3 is 1. The second-order valence-corrected chi connectivity index (χ2v) is 6.35. The van der Waals surface area contributed by atoms with Crippen LogP contribution < -0.4 is 14.4 Å². The van der Waals surface area contributed by atoms with Crippen LogP contribution in [-0.2, 0) is 0 Å². The van der Waals surface area contributed by atoms with E-state index in [0.29, 0.717) is 17.2 Å². The lowest BCUT2D eigenvalue weighted by Crippen LogP contribution is -2.24. The topological polar surface area (TPSA) is 58.4 Å². The average molecular weight is 353 g/mol. The second kappa shape index (κ2) is 8.57. The Labute approximate surface area is 156 Å². The normalized spacial score (nSPS) is 10.3. The molecule has 0 radical (unpaired) electrons. The summed E-state index contributed by atoms with van der Waals surface area (Å²) in [5.74, 6) is 1.85. The number of aromatic nitrogens is 1. The van der Waals surface area contributed by atoms with Gasteiger partial charge in [0.25, 0.3) is 0 Å². The molecule has 0 spiro atoms. The minimum absolute atomic E-state index is 0.355. The maximum Gasteiger partial charge on any atom is 0.239 e. The lowest BCUT2D eigenvalue weighted by molar-refractivity contribution is 0.410. The van der Waals surface area contributed by atoms with Crippen LogP contribution in [0.15, 0.2) is 18.2 Å². The predicted molar refractivity (Wildman–Crippen MR) is 104 cm³/mol. The molecule has 1 aromatic heterocycles. The Kier molecular flexibility index (Phi) is 6.46. The molecule has 0 amide bonds. The molecule has 2 aromatic rings. The third kappa shape index (κ3) is 4.08. The highest BCUT2D eigenvalue weighted by atomic mass is 16.5. The summed E-state index contributed by atoms with van der Waals surface area (Å²) in [5, 5.41) is 9.78. The smallest absolute Gasteiger partial charge is 0.239 e. The Morgan fingerprint density at radius 2 is 1.77 bits per heavy atom.